The molecule has 0 spiro atoms. The molecule has 0 aromatic rings. The van der Waals surface area contributed by atoms with Gasteiger partial charge in [0.2, 0.25) is 11.8 Å². The molecule has 0 unspecified atom stereocenters. The Labute approximate surface area is 80.5 Å². The standard InChI is InChI=1S/C8H10N4O2/c9-7(13)5-2-4-12(8(5)14)6-1-3-10-11-6/h1,5H,2-4H2,(H2,9,13)/t5-/m0/s1. The van der Waals surface area contributed by atoms with Crippen LogP contribution in [0.5, 0.6) is 0 Å². The maximum atomic E-state index is 11.6. The molecule has 2 aliphatic rings. The Bertz CT molecular complexity index is 347. The number of nitrogens with two attached hydrogens (primary N) is 1. The number of primary amides is 1. The number of carbonyl (C=O) groups excluding carboxylic acids is 2. The lowest BCUT2D eigenvalue weighted by molar-refractivity contribution is -0.135. The zero-order valence-corrected chi connectivity index (χ0v) is 7.51. The van der Waals surface area contributed by atoms with E-state index in [-0.39, 0.29) is 5.91 Å². The molecule has 1 fully saturated rings. The fraction of sp³-hybridized carbons (Fsp3) is 0.500. The van der Waals surface area contributed by atoms with Crippen LogP contribution in [0, 0.1) is 5.92 Å². The van der Waals surface area contributed by atoms with Crippen LogP contribution in [0.1, 0.15) is 6.42 Å². The van der Waals surface area contributed by atoms with Crippen LogP contribution >= 0.6 is 0 Å². The van der Waals surface area contributed by atoms with Crippen LogP contribution in [0.2, 0.25) is 0 Å². The number of rotatable bonds is 2. The first-order chi connectivity index (χ1) is 6.70. The minimum Gasteiger partial charge on any atom is -0.369 e. The van der Waals surface area contributed by atoms with Crippen molar-refractivity contribution in [3.8, 4) is 0 Å². The first kappa shape index (κ1) is 8.86. The van der Waals surface area contributed by atoms with Crippen LogP contribution in [-0.4, -0.2) is 29.8 Å². The Hall–Kier alpha value is -1.72. The smallest absolute Gasteiger partial charge is 0.240 e. The quantitative estimate of drug-likeness (QED) is 0.607. The van der Waals surface area contributed by atoms with Crippen molar-refractivity contribution in [2.45, 2.75) is 6.42 Å². The Kier molecular flexibility index (Phi) is 2.03. The van der Waals surface area contributed by atoms with Crippen molar-refractivity contribution in [1.82, 2.24) is 4.90 Å². The first-order valence-corrected chi connectivity index (χ1v) is 4.38. The van der Waals surface area contributed by atoms with E-state index in [0.29, 0.717) is 25.3 Å². The van der Waals surface area contributed by atoms with Crippen LogP contribution in [0.25, 0.3) is 0 Å². The predicted molar refractivity (Wildman–Crippen MR) is 46.8 cm³/mol. The van der Waals surface area contributed by atoms with Gasteiger partial charge in [0.1, 0.15) is 5.92 Å². The number of amides is 2. The molecule has 14 heavy (non-hydrogen) atoms. The molecule has 0 bridgehead atoms. The van der Waals surface area contributed by atoms with Crippen molar-refractivity contribution in [1.29, 1.82) is 0 Å². The van der Waals surface area contributed by atoms with E-state index in [0.717, 1.165) is 0 Å². The fourth-order valence-corrected chi connectivity index (χ4v) is 1.61. The first-order valence-electron chi connectivity index (χ1n) is 4.38. The van der Waals surface area contributed by atoms with Gasteiger partial charge in [-0.25, -0.2) is 0 Å². The molecule has 2 rings (SSSR count). The molecule has 2 N–H and O–H groups in total. The van der Waals surface area contributed by atoms with Gasteiger partial charge >= 0.3 is 0 Å². The van der Waals surface area contributed by atoms with Crippen molar-refractivity contribution in [3.63, 3.8) is 0 Å². The van der Waals surface area contributed by atoms with Crippen LogP contribution in [-0.2, 0) is 9.59 Å². The average molecular weight is 194 g/mol. The lowest BCUT2D eigenvalue weighted by atomic mass is 10.1. The lowest BCUT2D eigenvalue weighted by Crippen LogP contribution is -2.32. The molecular weight excluding hydrogens is 184 g/mol. The summed E-state index contributed by atoms with van der Waals surface area (Å²) in [6, 6.07) is 0. The second-order valence-corrected chi connectivity index (χ2v) is 3.22. The van der Waals surface area contributed by atoms with Gasteiger partial charge in [-0.2, -0.15) is 5.11 Å². The molecule has 0 aromatic carbocycles. The molecule has 1 atom stereocenters. The van der Waals surface area contributed by atoms with E-state index in [4.69, 9.17) is 5.73 Å². The summed E-state index contributed by atoms with van der Waals surface area (Å²) in [5.74, 6) is -0.969. The number of likely N-dealkylation sites (tertiary alicyclic amines) is 1. The second-order valence-electron chi connectivity index (χ2n) is 3.22. The zero-order valence-electron chi connectivity index (χ0n) is 7.51. The van der Waals surface area contributed by atoms with Crippen LogP contribution in [0.4, 0.5) is 0 Å². The van der Waals surface area contributed by atoms with E-state index >= 15 is 0 Å². The van der Waals surface area contributed by atoms with Gasteiger partial charge in [0, 0.05) is 6.54 Å². The number of hydrogen-bond donors (Lipinski definition) is 1. The summed E-state index contributed by atoms with van der Waals surface area (Å²) in [7, 11) is 0. The summed E-state index contributed by atoms with van der Waals surface area (Å²) < 4.78 is 0. The predicted octanol–water partition coefficient (Wildman–Crippen LogP) is -0.373. The number of carbonyl (C=O) groups is 2. The molecule has 2 aliphatic heterocycles. The molecule has 1 saturated heterocycles. The van der Waals surface area contributed by atoms with E-state index < -0.39 is 11.8 Å². The maximum Gasteiger partial charge on any atom is 0.240 e. The SMILES string of the molecule is NC(=O)[C@@H]1CCN(C2=CCN=N2)C1=O. The monoisotopic (exact) mass is 194 g/mol. The number of azo groups is 1. The van der Waals surface area contributed by atoms with Gasteiger partial charge in [-0.1, -0.05) is 0 Å². The van der Waals surface area contributed by atoms with Gasteiger partial charge in [0.25, 0.3) is 0 Å². The van der Waals surface area contributed by atoms with E-state index in [9.17, 15) is 9.59 Å². The van der Waals surface area contributed by atoms with E-state index in [2.05, 4.69) is 10.2 Å². The highest BCUT2D eigenvalue weighted by atomic mass is 16.2. The molecule has 2 amide bonds. The molecule has 6 nitrogen and oxygen atoms in total. The molecular formula is C8H10N4O2. The summed E-state index contributed by atoms with van der Waals surface area (Å²) in [6.07, 6.45) is 2.22. The van der Waals surface area contributed by atoms with Gasteiger partial charge < -0.3 is 5.73 Å². The Morgan fingerprint density at radius 2 is 2.43 bits per heavy atom. The summed E-state index contributed by atoms with van der Waals surface area (Å²) in [6.45, 7) is 0.998. The molecule has 0 aliphatic carbocycles. The molecule has 2 heterocycles. The highest BCUT2D eigenvalue weighted by Crippen LogP contribution is 2.24. The zero-order chi connectivity index (χ0) is 10.1. The van der Waals surface area contributed by atoms with Crippen molar-refractivity contribution in [2.24, 2.45) is 21.9 Å². The van der Waals surface area contributed by atoms with Crippen LogP contribution in [0.15, 0.2) is 22.1 Å². The summed E-state index contributed by atoms with van der Waals surface area (Å²) in [5, 5.41) is 7.54. The minimum absolute atomic E-state index is 0.260. The lowest BCUT2D eigenvalue weighted by Gasteiger charge is -2.13. The van der Waals surface area contributed by atoms with Crippen LogP contribution < -0.4 is 5.73 Å². The van der Waals surface area contributed by atoms with Crippen LogP contribution in [0.3, 0.4) is 0 Å². The highest BCUT2D eigenvalue weighted by molar-refractivity contribution is 6.01. The van der Waals surface area contributed by atoms with Gasteiger partial charge in [-0.05, 0) is 12.5 Å². The maximum absolute atomic E-state index is 11.6. The molecule has 0 aromatic heterocycles. The molecule has 0 saturated carbocycles. The topological polar surface area (TPSA) is 88.1 Å². The van der Waals surface area contributed by atoms with Gasteiger partial charge in [0.05, 0.1) is 6.54 Å². The van der Waals surface area contributed by atoms with Crippen molar-refractivity contribution >= 4 is 11.8 Å². The third-order valence-corrected chi connectivity index (χ3v) is 2.35. The van der Waals surface area contributed by atoms with Gasteiger partial charge in [-0.3, -0.25) is 14.5 Å². The highest BCUT2D eigenvalue weighted by Gasteiger charge is 2.37. The Balaban J connectivity index is 2.14. The summed E-state index contributed by atoms with van der Waals surface area (Å²) >= 11 is 0. The second kappa shape index (κ2) is 3.21. The molecule has 74 valence electrons. The average Bonchev–Trinajstić information content (AvgIpc) is 2.71. The van der Waals surface area contributed by atoms with E-state index in [1.807, 2.05) is 0 Å². The number of hydrogen-bond acceptors (Lipinski definition) is 4. The van der Waals surface area contributed by atoms with Crippen molar-refractivity contribution in [2.75, 3.05) is 13.1 Å². The third kappa shape index (κ3) is 1.28. The number of nitrogens with zero attached hydrogens (tertiary/aromatic N) is 3. The van der Waals surface area contributed by atoms with Crippen molar-refractivity contribution < 1.29 is 9.59 Å². The normalized spacial score (nSPS) is 25.7. The third-order valence-electron chi connectivity index (χ3n) is 2.35. The van der Waals surface area contributed by atoms with E-state index in [1.54, 1.807) is 6.08 Å². The van der Waals surface area contributed by atoms with Gasteiger partial charge in [0.15, 0.2) is 5.82 Å². The Morgan fingerprint density at radius 3 is 2.93 bits per heavy atom. The fourth-order valence-electron chi connectivity index (χ4n) is 1.61. The molecule has 6 heteroatoms. The van der Waals surface area contributed by atoms with Crippen molar-refractivity contribution in [3.05, 3.63) is 11.9 Å². The molecule has 0 radical (unpaired) electrons. The summed E-state index contributed by atoms with van der Waals surface area (Å²) in [4.78, 5) is 24.0. The Morgan fingerprint density at radius 1 is 1.64 bits per heavy atom. The van der Waals surface area contributed by atoms with E-state index in [1.165, 1.54) is 4.90 Å². The summed E-state index contributed by atoms with van der Waals surface area (Å²) in [5.41, 5.74) is 5.09. The minimum atomic E-state index is -0.688. The largest absolute Gasteiger partial charge is 0.369 e. The van der Waals surface area contributed by atoms with Gasteiger partial charge in [-0.15, -0.1) is 5.11 Å².